The van der Waals surface area contributed by atoms with Crippen LogP contribution in [0.3, 0.4) is 0 Å². The largest absolute Gasteiger partial charge is 0.387 e. The van der Waals surface area contributed by atoms with Crippen LogP contribution >= 0.6 is 11.3 Å². The van der Waals surface area contributed by atoms with Crippen LogP contribution in [0.5, 0.6) is 0 Å². The van der Waals surface area contributed by atoms with Crippen LogP contribution in [0.2, 0.25) is 0 Å². The first-order valence-electron chi connectivity index (χ1n) is 6.63. The summed E-state index contributed by atoms with van der Waals surface area (Å²) in [6, 6.07) is 1.82. The summed E-state index contributed by atoms with van der Waals surface area (Å²) in [7, 11) is 0. The molecule has 1 aromatic heterocycles. The van der Waals surface area contributed by atoms with Crippen LogP contribution in [0.1, 0.15) is 31.4 Å². The molecule has 3 rings (SSSR count). The Morgan fingerprint density at radius 3 is 2.53 bits per heavy atom. The Bertz CT molecular complexity index is 475. The van der Waals surface area contributed by atoms with E-state index in [4.69, 9.17) is 0 Å². The van der Waals surface area contributed by atoms with E-state index >= 15 is 0 Å². The van der Waals surface area contributed by atoms with Crippen molar-refractivity contribution >= 4 is 23.2 Å². The van der Waals surface area contributed by atoms with Crippen molar-refractivity contribution in [2.24, 2.45) is 17.8 Å². The smallest absolute Gasteiger partial charge is 0.233 e. The Kier molecular flexibility index (Phi) is 3.19. The van der Waals surface area contributed by atoms with E-state index in [1.165, 1.54) is 16.2 Å². The lowest BCUT2D eigenvalue weighted by Crippen LogP contribution is -2.35. The van der Waals surface area contributed by atoms with Gasteiger partial charge in [0.25, 0.3) is 0 Å². The number of fused-ring (bicyclic) bond motifs is 1. The van der Waals surface area contributed by atoms with Gasteiger partial charge in [0.05, 0.1) is 24.5 Å². The highest BCUT2D eigenvalue weighted by molar-refractivity contribution is 7.07. The number of nitrogens with zero attached hydrogens (tertiary/aromatic N) is 1. The van der Waals surface area contributed by atoms with Crippen molar-refractivity contribution in [3.05, 3.63) is 22.4 Å². The third kappa shape index (κ3) is 2.11. The van der Waals surface area contributed by atoms with Gasteiger partial charge in [0.15, 0.2) is 0 Å². The van der Waals surface area contributed by atoms with Gasteiger partial charge in [-0.05, 0) is 41.1 Å². The second kappa shape index (κ2) is 4.72. The number of hydrogen-bond acceptors (Lipinski definition) is 4. The number of aliphatic hydroxyl groups is 1. The molecule has 0 radical (unpaired) electrons. The molecule has 1 saturated carbocycles. The summed E-state index contributed by atoms with van der Waals surface area (Å²) in [4.78, 5) is 25.8. The molecule has 1 aliphatic heterocycles. The van der Waals surface area contributed by atoms with Crippen molar-refractivity contribution in [1.29, 1.82) is 0 Å². The third-order valence-electron chi connectivity index (χ3n) is 4.25. The molecule has 0 bridgehead atoms. The van der Waals surface area contributed by atoms with Crippen LogP contribution in [0, 0.1) is 17.8 Å². The minimum absolute atomic E-state index is 0.0892. The summed E-state index contributed by atoms with van der Waals surface area (Å²) in [6.07, 6.45) is 0.844. The van der Waals surface area contributed by atoms with Gasteiger partial charge >= 0.3 is 0 Å². The van der Waals surface area contributed by atoms with Crippen LogP contribution < -0.4 is 0 Å². The number of aliphatic hydroxyl groups excluding tert-OH is 1. The Balaban J connectivity index is 1.73. The molecular formula is C14H17NO3S. The summed E-state index contributed by atoms with van der Waals surface area (Å²) in [5.74, 6) is -0.0107. The van der Waals surface area contributed by atoms with Gasteiger partial charge in [-0.25, -0.2) is 0 Å². The zero-order chi connectivity index (χ0) is 13.6. The van der Waals surface area contributed by atoms with Gasteiger partial charge in [0, 0.05) is 0 Å². The molecule has 2 fully saturated rings. The van der Waals surface area contributed by atoms with Crippen molar-refractivity contribution in [3.63, 3.8) is 0 Å². The maximum atomic E-state index is 12.2. The second-order valence-electron chi connectivity index (χ2n) is 5.65. The number of hydrogen-bond donors (Lipinski definition) is 1. The molecular weight excluding hydrogens is 262 g/mol. The average Bonchev–Trinajstić information content (AvgIpc) is 3.05. The number of imide groups is 1. The summed E-state index contributed by atoms with van der Waals surface area (Å²) in [5, 5.41) is 13.8. The van der Waals surface area contributed by atoms with Crippen LogP contribution in [-0.2, 0) is 9.59 Å². The van der Waals surface area contributed by atoms with E-state index in [0.717, 1.165) is 18.4 Å². The van der Waals surface area contributed by atoms with E-state index < -0.39 is 6.10 Å². The molecule has 2 aliphatic rings. The topological polar surface area (TPSA) is 57.6 Å². The Morgan fingerprint density at radius 1 is 1.37 bits per heavy atom. The van der Waals surface area contributed by atoms with Crippen LogP contribution in [0.15, 0.2) is 16.8 Å². The molecule has 5 heteroatoms. The fourth-order valence-electron chi connectivity index (χ4n) is 3.27. The van der Waals surface area contributed by atoms with E-state index in [9.17, 15) is 14.7 Å². The van der Waals surface area contributed by atoms with Crippen LogP contribution in [0.25, 0.3) is 0 Å². The number of carbonyl (C=O) groups is 2. The summed E-state index contributed by atoms with van der Waals surface area (Å²) < 4.78 is 0. The molecule has 1 saturated heterocycles. The lowest BCUT2D eigenvalue weighted by atomic mass is 10.00. The number of amides is 2. The predicted octanol–water partition coefficient (Wildman–Crippen LogP) is 1.81. The molecule has 2 heterocycles. The normalized spacial score (nSPS) is 31.9. The first kappa shape index (κ1) is 12.8. The highest BCUT2D eigenvalue weighted by Gasteiger charge is 2.51. The molecule has 0 aromatic carbocycles. The van der Waals surface area contributed by atoms with Crippen molar-refractivity contribution in [2.45, 2.75) is 25.9 Å². The quantitative estimate of drug-likeness (QED) is 0.859. The molecule has 1 N–H and O–H groups in total. The molecule has 3 unspecified atom stereocenters. The molecule has 19 heavy (non-hydrogen) atoms. The summed E-state index contributed by atoms with van der Waals surface area (Å²) in [6.45, 7) is 2.18. The maximum Gasteiger partial charge on any atom is 0.233 e. The van der Waals surface area contributed by atoms with Crippen LogP contribution in [-0.4, -0.2) is 28.4 Å². The summed E-state index contributed by atoms with van der Waals surface area (Å²) >= 11 is 1.50. The monoisotopic (exact) mass is 279 g/mol. The highest BCUT2D eigenvalue weighted by atomic mass is 32.1. The van der Waals surface area contributed by atoms with E-state index in [-0.39, 0.29) is 30.2 Å². The first-order valence-corrected chi connectivity index (χ1v) is 7.57. The Hall–Kier alpha value is -1.20. The number of likely N-dealkylation sites (tertiary alicyclic amines) is 1. The molecule has 0 spiro atoms. The lowest BCUT2D eigenvalue weighted by Gasteiger charge is -2.20. The molecule has 3 atom stereocenters. The first-order chi connectivity index (χ1) is 9.08. The maximum absolute atomic E-state index is 12.2. The minimum atomic E-state index is -0.768. The minimum Gasteiger partial charge on any atom is -0.387 e. The van der Waals surface area contributed by atoms with Gasteiger partial charge in [-0.1, -0.05) is 6.92 Å². The van der Waals surface area contributed by atoms with Crippen molar-refractivity contribution in [3.8, 4) is 0 Å². The third-order valence-corrected chi connectivity index (χ3v) is 4.95. The second-order valence-corrected chi connectivity index (χ2v) is 6.43. The van der Waals surface area contributed by atoms with Gasteiger partial charge in [0.2, 0.25) is 11.8 Å². The lowest BCUT2D eigenvalue weighted by molar-refractivity contribution is -0.142. The molecule has 2 amide bonds. The number of thiophene rings is 1. The number of rotatable bonds is 3. The van der Waals surface area contributed by atoms with Crippen LogP contribution in [0.4, 0.5) is 0 Å². The SMILES string of the molecule is CC1CC2C(=O)N(CC(O)c3ccsc3)C(=O)C2C1. The predicted molar refractivity (Wildman–Crippen MR) is 71.4 cm³/mol. The van der Waals surface area contributed by atoms with Gasteiger partial charge in [0.1, 0.15) is 0 Å². The zero-order valence-corrected chi connectivity index (χ0v) is 11.6. The van der Waals surface area contributed by atoms with E-state index in [2.05, 4.69) is 6.92 Å². The fourth-order valence-corrected chi connectivity index (χ4v) is 3.98. The standard InChI is InChI=1S/C14H17NO3S/c1-8-4-10-11(5-8)14(18)15(13(10)17)6-12(16)9-2-3-19-7-9/h2-3,7-8,10-12,16H,4-6H2,1H3. The number of β-amino-alcohol motifs (C(OH)–C–C–N with tert-alkyl or cyclic N) is 1. The molecule has 4 nitrogen and oxygen atoms in total. The summed E-state index contributed by atoms with van der Waals surface area (Å²) in [5.41, 5.74) is 0.774. The highest BCUT2D eigenvalue weighted by Crippen LogP contribution is 2.43. The van der Waals surface area contributed by atoms with Gasteiger partial charge in [-0.2, -0.15) is 11.3 Å². The van der Waals surface area contributed by atoms with Crippen molar-refractivity contribution < 1.29 is 14.7 Å². The number of carbonyl (C=O) groups excluding carboxylic acids is 2. The van der Waals surface area contributed by atoms with E-state index in [0.29, 0.717) is 5.92 Å². The van der Waals surface area contributed by atoms with Gasteiger partial charge in [-0.3, -0.25) is 14.5 Å². The molecule has 102 valence electrons. The zero-order valence-electron chi connectivity index (χ0n) is 10.8. The van der Waals surface area contributed by atoms with E-state index in [1.54, 1.807) is 0 Å². The van der Waals surface area contributed by atoms with E-state index in [1.807, 2.05) is 16.8 Å². The van der Waals surface area contributed by atoms with Gasteiger partial charge in [-0.15, -0.1) is 0 Å². The fraction of sp³-hybridized carbons (Fsp3) is 0.571. The average molecular weight is 279 g/mol. The van der Waals surface area contributed by atoms with Gasteiger partial charge < -0.3 is 5.11 Å². The van der Waals surface area contributed by atoms with Crippen molar-refractivity contribution in [2.75, 3.05) is 6.54 Å². The Morgan fingerprint density at radius 2 is 2.00 bits per heavy atom. The molecule has 1 aromatic rings. The molecule has 1 aliphatic carbocycles. The Labute approximate surface area is 116 Å². The van der Waals surface area contributed by atoms with Crippen molar-refractivity contribution in [1.82, 2.24) is 4.90 Å².